The Bertz CT molecular complexity index is 628. The van der Waals surface area contributed by atoms with Gasteiger partial charge < -0.3 is 14.8 Å². The number of rotatable bonds is 6. The second-order valence-electron chi connectivity index (χ2n) is 4.63. The fourth-order valence-corrected chi connectivity index (χ4v) is 1.98. The molecule has 1 amide bonds. The zero-order valence-electron chi connectivity index (χ0n) is 12.5. The molecule has 0 bridgehead atoms. The minimum absolute atomic E-state index is 0.248. The molecule has 0 heterocycles. The Morgan fingerprint density at radius 2 is 1.86 bits per heavy atom. The summed E-state index contributed by atoms with van der Waals surface area (Å²) in [5.41, 5.74) is 0.626. The average molecular weight is 320 g/mol. The third kappa shape index (κ3) is 4.40. The molecule has 4 nitrogen and oxygen atoms in total. The standard InChI is InChI=1S/C17H18ClNO3/c1-3-21-16-7-5-4-6-15(16)19-17(20)12(2)22-14-10-8-13(18)9-11-14/h4-12H,3H2,1-2H3,(H,19,20). The van der Waals surface area contributed by atoms with Crippen molar-refractivity contribution in [2.24, 2.45) is 0 Å². The van der Waals surface area contributed by atoms with E-state index in [4.69, 9.17) is 21.1 Å². The van der Waals surface area contributed by atoms with E-state index < -0.39 is 6.10 Å². The highest BCUT2D eigenvalue weighted by Gasteiger charge is 2.16. The first-order chi connectivity index (χ1) is 10.6. The smallest absolute Gasteiger partial charge is 0.265 e. The first kappa shape index (κ1) is 16.2. The minimum Gasteiger partial charge on any atom is -0.492 e. The molecule has 116 valence electrons. The molecule has 1 N–H and O–H groups in total. The fourth-order valence-electron chi connectivity index (χ4n) is 1.86. The van der Waals surface area contributed by atoms with Crippen molar-refractivity contribution in [1.29, 1.82) is 0 Å². The van der Waals surface area contributed by atoms with Crippen molar-refractivity contribution in [2.45, 2.75) is 20.0 Å². The molecule has 0 aliphatic carbocycles. The van der Waals surface area contributed by atoms with Gasteiger partial charge in [0.2, 0.25) is 0 Å². The number of para-hydroxylation sites is 2. The van der Waals surface area contributed by atoms with E-state index in [-0.39, 0.29) is 5.91 Å². The van der Waals surface area contributed by atoms with Crippen LogP contribution in [0.25, 0.3) is 0 Å². The summed E-state index contributed by atoms with van der Waals surface area (Å²) in [4.78, 5) is 12.2. The van der Waals surface area contributed by atoms with Gasteiger partial charge in [-0.2, -0.15) is 0 Å². The first-order valence-corrected chi connectivity index (χ1v) is 7.43. The van der Waals surface area contributed by atoms with Crippen molar-refractivity contribution in [3.8, 4) is 11.5 Å². The molecular formula is C17H18ClNO3. The van der Waals surface area contributed by atoms with Gasteiger partial charge in [-0.15, -0.1) is 0 Å². The van der Waals surface area contributed by atoms with Gasteiger partial charge in [-0.25, -0.2) is 0 Å². The highest BCUT2D eigenvalue weighted by Crippen LogP contribution is 2.24. The minimum atomic E-state index is -0.643. The van der Waals surface area contributed by atoms with Crippen LogP contribution in [0.15, 0.2) is 48.5 Å². The maximum Gasteiger partial charge on any atom is 0.265 e. The van der Waals surface area contributed by atoms with Crippen LogP contribution in [0.5, 0.6) is 11.5 Å². The molecule has 0 saturated heterocycles. The van der Waals surface area contributed by atoms with Gasteiger partial charge in [0, 0.05) is 5.02 Å². The molecule has 22 heavy (non-hydrogen) atoms. The van der Waals surface area contributed by atoms with Crippen molar-refractivity contribution >= 4 is 23.2 Å². The molecule has 0 aliphatic rings. The first-order valence-electron chi connectivity index (χ1n) is 7.05. The zero-order valence-corrected chi connectivity index (χ0v) is 13.3. The van der Waals surface area contributed by atoms with E-state index >= 15 is 0 Å². The van der Waals surface area contributed by atoms with Crippen LogP contribution < -0.4 is 14.8 Å². The number of nitrogens with one attached hydrogen (secondary N) is 1. The van der Waals surface area contributed by atoms with Crippen LogP contribution in [0.3, 0.4) is 0 Å². The van der Waals surface area contributed by atoms with E-state index in [1.54, 1.807) is 37.3 Å². The molecule has 0 saturated carbocycles. The molecule has 0 aliphatic heterocycles. The van der Waals surface area contributed by atoms with E-state index in [1.807, 2.05) is 25.1 Å². The molecule has 0 radical (unpaired) electrons. The van der Waals surface area contributed by atoms with Gasteiger partial charge >= 0.3 is 0 Å². The lowest BCUT2D eigenvalue weighted by molar-refractivity contribution is -0.122. The number of carbonyl (C=O) groups excluding carboxylic acids is 1. The van der Waals surface area contributed by atoms with Gasteiger partial charge in [0.05, 0.1) is 12.3 Å². The molecule has 2 aromatic carbocycles. The number of ether oxygens (including phenoxy) is 2. The zero-order chi connectivity index (χ0) is 15.9. The summed E-state index contributed by atoms with van der Waals surface area (Å²) in [6.45, 7) is 4.11. The number of anilines is 1. The van der Waals surface area contributed by atoms with Crippen LogP contribution in [0.1, 0.15) is 13.8 Å². The van der Waals surface area contributed by atoms with Crippen molar-refractivity contribution in [3.63, 3.8) is 0 Å². The lowest BCUT2D eigenvalue weighted by Gasteiger charge is -2.16. The molecular weight excluding hydrogens is 302 g/mol. The van der Waals surface area contributed by atoms with E-state index in [2.05, 4.69) is 5.32 Å². The highest BCUT2D eigenvalue weighted by molar-refractivity contribution is 6.30. The summed E-state index contributed by atoms with van der Waals surface area (Å²) >= 11 is 5.82. The summed E-state index contributed by atoms with van der Waals surface area (Å²) < 4.78 is 11.1. The predicted octanol–water partition coefficient (Wildman–Crippen LogP) is 4.14. The van der Waals surface area contributed by atoms with E-state index in [0.717, 1.165) is 0 Å². The molecule has 0 fully saturated rings. The average Bonchev–Trinajstić information content (AvgIpc) is 2.51. The Hall–Kier alpha value is -2.20. The molecule has 1 unspecified atom stereocenters. The molecule has 5 heteroatoms. The molecule has 1 atom stereocenters. The Labute approximate surface area is 135 Å². The van der Waals surface area contributed by atoms with Gasteiger partial charge in [-0.3, -0.25) is 4.79 Å². The number of hydrogen-bond acceptors (Lipinski definition) is 3. The van der Waals surface area contributed by atoms with Gasteiger partial charge in [0.15, 0.2) is 6.10 Å². The summed E-state index contributed by atoms with van der Waals surface area (Å²) in [7, 11) is 0. The third-order valence-electron chi connectivity index (χ3n) is 2.94. The lowest BCUT2D eigenvalue weighted by atomic mass is 10.2. The van der Waals surface area contributed by atoms with Crippen molar-refractivity contribution in [2.75, 3.05) is 11.9 Å². The van der Waals surface area contributed by atoms with Crippen LogP contribution in [-0.4, -0.2) is 18.6 Å². The highest BCUT2D eigenvalue weighted by atomic mass is 35.5. The lowest BCUT2D eigenvalue weighted by Crippen LogP contribution is -2.30. The summed E-state index contributed by atoms with van der Waals surface area (Å²) in [5.74, 6) is 0.976. The predicted molar refractivity (Wildman–Crippen MR) is 87.8 cm³/mol. The summed E-state index contributed by atoms with van der Waals surface area (Å²) in [6.07, 6.45) is -0.643. The van der Waals surface area contributed by atoms with Crippen molar-refractivity contribution in [3.05, 3.63) is 53.6 Å². The largest absolute Gasteiger partial charge is 0.492 e. The van der Waals surface area contributed by atoms with E-state index in [9.17, 15) is 4.79 Å². The summed E-state index contributed by atoms with van der Waals surface area (Å²) in [5, 5.41) is 3.43. The normalized spacial score (nSPS) is 11.6. The third-order valence-corrected chi connectivity index (χ3v) is 3.19. The van der Waals surface area contributed by atoms with E-state index in [1.165, 1.54) is 0 Å². The number of carbonyl (C=O) groups is 1. The molecule has 2 aromatic rings. The second kappa shape index (κ2) is 7.71. The van der Waals surface area contributed by atoms with Gasteiger partial charge in [0.1, 0.15) is 11.5 Å². The fraction of sp³-hybridized carbons (Fsp3) is 0.235. The number of hydrogen-bond donors (Lipinski definition) is 1. The number of benzene rings is 2. The molecule has 0 spiro atoms. The van der Waals surface area contributed by atoms with Crippen LogP contribution in [0.2, 0.25) is 5.02 Å². The van der Waals surface area contributed by atoms with Crippen LogP contribution >= 0.6 is 11.6 Å². The Kier molecular flexibility index (Phi) is 5.67. The Morgan fingerprint density at radius 1 is 1.18 bits per heavy atom. The Balaban J connectivity index is 2.01. The van der Waals surface area contributed by atoms with E-state index in [0.29, 0.717) is 28.8 Å². The van der Waals surface area contributed by atoms with Crippen molar-refractivity contribution in [1.82, 2.24) is 0 Å². The molecule has 2 rings (SSSR count). The van der Waals surface area contributed by atoms with Gasteiger partial charge in [-0.05, 0) is 50.2 Å². The monoisotopic (exact) mass is 319 g/mol. The van der Waals surface area contributed by atoms with Crippen LogP contribution in [0, 0.1) is 0 Å². The van der Waals surface area contributed by atoms with Gasteiger partial charge in [-0.1, -0.05) is 23.7 Å². The number of halogens is 1. The maximum absolute atomic E-state index is 12.2. The number of amides is 1. The SMILES string of the molecule is CCOc1ccccc1NC(=O)C(C)Oc1ccc(Cl)cc1. The van der Waals surface area contributed by atoms with Crippen LogP contribution in [-0.2, 0) is 4.79 Å². The Morgan fingerprint density at radius 3 is 2.55 bits per heavy atom. The maximum atomic E-state index is 12.2. The van der Waals surface area contributed by atoms with Crippen molar-refractivity contribution < 1.29 is 14.3 Å². The quantitative estimate of drug-likeness (QED) is 0.870. The van der Waals surface area contributed by atoms with Crippen LogP contribution in [0.4, 0.5) is 5.69 Å². The summed E-state index contributed by atoms with van der Waals surface area (Å²) in [6, 6.07) is 14.2. The second-order valence-corrected chi connectivity index (χ2v) is 5.07. The van der Waals surface area contributed by atoms with Gasteiger partial charge in [0.25, 0.3) is 5.91 Å². The molecule has 0 aromatic heterocycles. The topological polar surface area (TPSA) is 47.6 Å².